The summed E-state index contributed by atoms with van der Waals surface area (Å²) in [5.41, 5.74) is 1.91. The molecule has 0 saturated heterocycles. The van der Waals surface area contributed by atoms with Crippen LogP contribution in [0.1, 0.15) is 58.6 Å². The normalized spacial score (nSPS) is 12.6. The summed E-state index contributed by atoms with van der Waals surface area (Å²) in [6, 6.07) is 7.58. The van der Waals surface area contributed by atoms with Gasteiger partial charge in [0.25, 0.3) is 0 Å². The number of rotatable bonds is 6. The average molecular weight is 318 g/mol. The van der Waals surface area contributed by atoms with Crippen LogP contribution in [0.25, 0.3) is 0 Å². The Morgan fingerprint density at radius 2 is 1.74 bits per heavy atom. The van der Waals surface area contributed by atoms with Crippen LogP contribution in [0.4, 0.5) is 0 Å². The third kappa shape index (κ3) is 6.43. The minimum absolute atomic E-state index is 0.0182. The standard InChI is InChI=1S/C19H30N2O2/c1-7-8-17(22)21(13-16-11-9-14(2)10-12-16)15(3)18(23)20-19(4,5)6/h9-12,15H,7-8,13H2,1-6H3,(H,20,23)/t15-/m1/s1. The average Bonchev–Trinajstić information content (AvgIpc) is 2.44. The lowest BCUT2D eigenvalue weighted by Gasteiger charge is -2.31. The molecule has 128 valence electrons. The molecule has 0 aromatic heterocycles. The van der Waals surface area contributed by atoms with Crippen molar-refractivity contribution in [2.75, 3.05) is 0 Å². The molecule has 2 amide bonds. The number of aryl methyl sites for hydroxylation is 1. The van der Waals surface area contributed by atoms with Crippen LogP contribution in [0.5, 0.6) is 0 Å². The van der Waals surface area contributed by atoms with Gasteiger partial charge in [0.15, 0.2) is 0 Å². The Bertz CT molecular complexity index is 529. The van der Waals surface area contributed by atoms with E-state index >= 15 is 0 Å². The molecule has 0 heterocycles. The van der Waals surface area contributed by atoms with E-state index in [9.17, 15) is 9.59 Å². The predicted molar refractivity (Wildman–Crippen MR) is 94.0 cm³/mol. The van der Waals surface area contributed by atoms with Gasteiger partial charge in [-0.15, -0.1) is 0 Å². The van der Waals surface area contributed by atoms with Crippen LogP contribution in [0.2, 0.25) is 0 Å². The maximum absolute atomic E-state index is 12.5. The number of nitrogens with one attached hydrogen (secondary N) is 1. The van der Waals surface area contributed by atoms with Gasteiger partial charge in [-0.05, 0) is 46.6 Å². The quantitative estimate of drug-likeness (QED) is 0.873. The van der Waals surface area contributed by atoms with E-state index in [1.807, 2.05) is 58.9 Å². The van der Waals surface area contributed by atoms with Crippen molar-refractivity contribution < 1.29 is 9.59 Å². The number of carbonyl (C=O) groups is 2. The molecule has 0 saturated carbocycles. The van der Waals surface area contributed by atoms with Crippen LogP contribution in [-0.4, -0.2) is 28.3 Å². The summed E-state index contributed by atoms with van der Waals surface area (Å²) in [6.45, 7) is 12.1. The maximum Gasteiger partial charge on any atom is 0.242 e. The minimum Gasteiger partial charge on any atom is -0.350 e. The molecule has 0 bridgehead atoms. The summed E-state index contributed by atoms with van der Waals surface area (Å²) in [7, 11) is 0. The Morgan fingerprint density at radius 3 is 2.22 bits per heavy atom. The fourth-order valence-electron chi connectivity index (χ4n) is 2.30. The lowest BCUT2D eigenvalue weighted by molar-refractivity contribution is -0.141. The van der Waals surface area contributed by atoms with Crippen molar-refractivity contribution >= 4 is 11.8 Å². The van der Waals surface area contributed by atoms with Crippen LogP contribution >= 0.6 is 0 Å². The predicted octanol–water partition coefficient (Wildman–Crippen LogP) is 3.43. The van der Waals surface area contributed by atoms with Crippen molar-refractivity contribution in [2.24, 2.45) is 0 Å². The molecule has 0 aliphatic heterocycles. The molecular weight excluding hydrogens is 288 g/mol. The zero-order valence-corrected chi connectivity index (χ0v) is 15.3. The molecule has 1 aromatic rings. The first kappa shape index (κ1) is 19.2. The first-order valence-corrected chi connectivity index (χ1v) is 8.31. The van der Waals surface area contributed by atoms with E-state index in [0.717, 1.165) is 12.0 Å². The number of hydrogen-bond donors (Lipinski definition) is 1. The smallest absolute Gasteiger partial charge is 0.242 e. The van der Waals surface area contributed by atoms with Gasteiger partial charge in [-0.2, -0.15) is 0 Å². The lowest BCUT2D eigenvalue weighted by Crippen LogP contribution is -2.52. The Balaban J connectivity index is 2.93. The van der Waals surface area contributed by atoms with Gasteiger partial charge in [-0.3, -0.25) is 9.59 Å². The summed E-state index contributed by atoms with van der Waals surface area (Å²) in [6.07, 6.45) is 1.23. The summed E-state index contributed by atoms with van der Waals surface area (Å²) in [5, 5.41) is 2.96. The topological polar surface area (TPSA) is 49.4 Å². The first-order valence-electron chi connectivity index (χ1n) is 8.31. The van der Waals surface area contributed by atoms with Gasteiger partial charge in [0, 0.05) is 18.5 Å². The van der Waals surface area contributed by atoms with Crippen LogP contribution in [0.3, 0.4) is 0 Å². The van der Waals surface area contributed by atoms with Gasteiger partial charge in [0.1, 0.15) is 6.04 Å². The zero-order chi connectivity index (χ0) is 17.6. The summed E-state index contributed by atoms with van der Waals surface area (Å²) >= 11 is 0. The Hall–Kier alpha value is -1.84. The molecule has 23 heavy (non-hydrogen) atoms. The molecule has 1 atom stereocenters. The second kappa shape index (κ2) is 8.14. The summed E-state index contributed by atoms with van der Waals surface area (Å²) in [5.74, 6) is -0.0984. The third-order valence-electron chi connectivity index (χ3n) is 3.60. The van der Waals surface area contributed by atoms with Crippen LogP contribution < -0.4 is 5.32 Å². The fourth-order valence-corrected chi connectivity index (χ4v) is 2.30. The Kier molecular flexibility index (Phi) is 6.79. The highest BCUT2D eigenvalue weighted by Gasteiger charge is 2.27. The van der Waals surface area contributed by atoms with Gasteiger partial charge < -0.3 is 10.2 Å². The van der Waals surface area contributed by atoms with Crippen molar-refractivity contribution in [3.63, 3.8) is 0 Å². The highest BCUT2D eigenvalue weighted by molar-refractivity contribution is 5.87. The molecule has 1 rings (SSSR count). The second-order valence-electron chi connectivity index (χ2n) is 7.17. The van der Waals surface area contributed by atoms with Crippen LogP contribution in [-0.2, 0) is 16.1 Å². The summed E-state index contributed by atoms with van der Waals surface area (Å²) in [4.78, 5) is 26.6. The number of nitrogens with zero attached hydrogens (tertiary/aromatic N) is 1. The van der Waals surface area contributed by atoms with E-state index in [-0.39, 0.29) is 17.4 Å². The largest absolute Gasteiger partial charge is 0.350 e. The van der Waals surface area contributed by atoms with Gasteiger partial charge in [0.05, 0.1) is 0 Å². The molecule has 0 fully saturated rings. The van der Waals surface area contributed by atoms with Gasteiger partial charge >= 0.3 is 0 Å². The van der Waals surface area contributed by atoms with E-state index in [2.05, 4.69) is 5.32 Å². The molecule has 0 spiro atoms. The lowest BCUT2D eigenvalue weighted by atomic mass is 10.1. The fraction of sp³-hybridized carbons (Fsp3) is 0.579. The van der Waals surface area contributed by atoms with E-state index < -0.39 is 6.04 Å². The molecule has 0 aliphatic rings. The molecule has 4 heteroatoms. The van der Waals surface area contributed by atoms with Crippen molar-refractivity contribution in [1.82, 2.24) is 10.2 Å². The molecule has 1 N–H and O–H groups in total. The molecule has 1 aromatic carbocycles. The van der Waals surface area contributed by atoms with Gasteiger partial charge in [-0.25, -0.2) is 0 Å². The molecule has 0 unspecified atom stereocenters. The zero-order valence-electron chi connectivity index (χ0n) is 15.3. The van der Waals surface area contributed by atoms with Crippen molar-refractivity contribution in [3.8, 4) is 0 Å². The van der Waals surface area contributed by atoms with Gasteiger partial charge in [0.2, 0.25) is 11.8 Å². The number of amides is 2. The van der Waals surface area contributed by atoms with Crippen LogP contribution in [0, 0.1) is 6.92 Å². The van der Waals surface area contributed by atoms with Gasteiger partial charge in [-0.1, -0.05) is 36.8 Å². The molecule has 0 radical (unpaired) electrons. The van der Waals surface area contributed by atoms with E-state index in [1.165, 1.54) is 5.56 Å². The number of hydrogen-bond acceptors (Lipinski definition) is 2. The molecule has 4 nitrogen and oxygen atoms in total. The number of benzene rings is 1. The third-order valence-corrected chi connectivity index (χ3v) is 3.60. The van der Waals surface area contributed by atoms with E-state index in [1.54, 1.807) is 11.8 Å². The summed E-state index contributed by atoms with van der Waals surface area (Å²) < 4.78 is 0. The van der Waals surface area contributed by atoms with Crippen molar-refractivity contribution in [1.29, 1.82) is 0 Å². The minimum atomic E-state index is -0.491. The maximum atomic E-state index is 12.5. The van der Waals surface area contributed by atoms with Crippen molar-refractivity contribution in [3.05, 3.63) is 35.4 Å². The van der Waals surface area contributed by atoms with Crippen molar-refractivity contribution in [2.45, 2.75) is 72.5 Å². The number of carbonyl (C=O) groups excluding carboxylic acids is 2. The van der Waals surface area contributed by atoms with E-state index in [0.29, 0.717) is 13.0 Å². The van der Waals surface area contributed by atoms with E-state index in [4.69, 9.17) is 0 Å². The second-order valence-corrected chi connectivity index (χ2v) is 7.17. The monoisotopic (exact) mass is 318 g/mol. The van der Waals surface area contributed by atoms with Crippen LogP contribution in [0.15, 0.2) is 24.3 Å². The SMILES string of the molecule is CCCC(=O)N(Cc1ccc(C)cc1)[C@H](C)C(=O)NC(C)(C)C. The molecular formula is C19H30N2O2. The Labute approximate surface area is 140 Å². The molecule has 0 aliphatic carbocycles. The highest BCUT2D eigenvalue weighted by atomic mass is 16.2. The first-order chi connectivity index (χ1) is 10.6. The highest BCUT2D eigenvalue weighted by Crippen LogP contribution is 2.13. The Morgan fingerprint density at radius 1 is 1.17 bits per heavy atom.